The van der Waals surface area contributed by atoms with E-state index in [1.165, 1.54) is 4.90 Å². The van der Waals surface area contributed by atoms with Gasteiger partial charge in [-0.15, -0.1) is 0 Å². The molecule has 2 fully saturated rings. The highest BCUT2D eigenvalue weighted by Gasteiger charge is 2.70. The number of halogens is 1. The van der Waals surface area contributed by atoms with Crippen LogP contribution in [0.15, 0.2) is 22.7 Å². The molecular formula is C20H24BrN3O3S. The molecule has 2 saturated heterocycles. The molecule has 2 N–H and O–H groups in total. The first-order valence-corrected chi connectivity index (χ1v) is 11.8. The fraction of sp³-hybridized carbons (Fsp3) is 0.550. The molecule has 0 bridgehead atoms. The second-order valence-corrected chi connectivity index (χ2v) is 9.69. The number of likely N-dealkylation sites (tertiary alicyclic amines) is 1. The van der Waals surface area contributed by atoms with Crippen LogP contribution in [0.5, 0.6) is 0 Å². The van der Waals surface area contributed by atoms with Crippen LogP contribution in [0.3, 0.4) is 0 Å². The van der Waals surface area contributed by atoms with Gasteiger partial charge in [0.15, 0.2) is 0 Å². The Labute approximate surface area is 177 Å². The lowest BCUT2D eigenvalue weighted by atomic mass is 9.76. The Morgan fingerprint density at radius 1 is 1.29 bits per heavy atom. The third-order valence-corrected chi connectivity index (χ3v) is 7.51. The Bertz CT molecular complexity index is 863. The van der Waals surface area contributed by atoms with E-state index in [1.807, 2.05) is 38.3 Å². The fourth-order valence-corrected chi connectivity index (χ4v) is 5.76. The van der Waals surface area contributed by atoms with Crippen LogP contribution in [0.4, 0.5) is 5.69 Å². The zero-order chi connectivity index (χ0) is 20.2. The van der Waals surface area contributed by atoms with Crippen LogP contribution in [0.1, 0.15) is 32.3 Å². The molecule has 3 aliphatic rings. The van der Waals surface area contributed by atoms with Gasteiger partial charge in [0.1, 0.15) is 5.54 Å². The average molecular weight is 466 g/mol. The van der Waals surface area contributed by atoms with Gasteiger partial charge in [-0.1, -0.05) is 22.9 Å². The van der Waals surface area contributed by atoms with Gasteiger partial charge in [0, 0.05) is 27.8 Å². The molecule has 0 aliphatic carbocycles. The van der Waals surface area contributed by atoms with Crippen LogP contribution in [0.2, 0.25) is 0 Å². The number of nitrogens with one attached hydrogen (secondary N) is 2. The summed E-state index contributed by atoms with van der Waals surface area (Å²) in [6.45, 7) is 3.86. The van der Waals surface area contributed by atoms with Gasteiger partial charge < -0.3 is 5.32 Å². The number of hydrogen-bond donors (Lipinski definition) is 2. The number of nitrogens with zero attached hydrogens (tertiary/aromatic N) is 1. The van der Waals surface area contributed by atoms with Gasteiger partial charge in [-0.2, -0.15) is 11.8 Å². The van der Waals surface area contributed by atoms with E-state index in [4.69, 9.17) is 0 Å². The maximum Gasteiger partial charge on any atom is 0.250 e. The summed E-state index contributed by atoms with van der Waals surface area (Å²) in [6, 6.07) is 5.21. The fourth-order valence-electron chi connectivity index (χ4n) is 4.91. The maximum absolute atomic E-state index is 13.5. The van der Waals surface area contributed by atoms with Crippen LogP contribution in [0, 0.1) is 11.8 Å². The van der Waals surface area contributed by atoms with Crippen molar-refractivity contribution < 1.29 is 14.4 Å². The minimum atomic E-state index is -1.19. The molecule has 28 heavy (non-hydrogen) atoms. The Morgan fingerprint density at radius 2 is 2.04 bits per heavy atom. The third-order valence-electron chi connectivity index (χ3n) is 6.38. The number of benzene rings is 1. The van der Waals surface area contributed by atoms with Crippen molar-refractivity contribution in [1.82, 2.24) is 10.2 Å². The number of anilines is 1. The van der Waals surface area contributed by atoms with Crippen molar-refractivity contribution in [2.75, 3.05) is 17.3 Å². The molecule has 150 valence electrons. The van der Waals surface area contributed by atoms with Crippen molar-refractivity contribution >= 4 is 51.1 Å². The van der Waals surface area contributed by atoms with Crippen LogP contribution < -0.4 is 10.6 Å². The zero-order valence-corrected chi connectivity index (χ0v) is 18.5. The van der Waals surface area contributed by atoms with Crippen LogP contribution in [0.25, 0.3) is 0 Å². The Hall–Kier alpha value is -1.38. The van der Waals surface area contributed by atoms with Crippen molar-refractivity contribution in [2.45, 2.75) is 44.3 Å². The van der Waals surface area contributed by atoms with Gasteiger partial charge >= 0.3 is 0 Å². The molecule has 1 spiro atoms. The summed E-state index contributed by atoms with van der Waals surface area (Å²) in [5, 5.41) is 6.39. The van der Waals surface area contributed by atoms with E-state index in [1.54, 1.807) is 11.8 Å². The molecule has 0 unspecified atom stereocenters. The molecule has 3 aliphatic heterocycles. The zero-order valence-electron chi connectivity index (χ0n) is 16.1. The molecule has 0 saturated carbocycles. The van der Waals surface area contributed by atoms with E-state index >= 15 is 0 Å². The SMILES string of the molecule is CC[C@@H](C)N1C(=O)[C@H]2[C@@H](C1=O)[C@]1(N[C@@H]2CCSC)C(=O)Nc2ccc(Br)cc21. The molecule has 3 heterocycles. The summed E-state index contributed by atoms with van der Waals surface area (Å²) in [5.41, 5.74) is 0.259. The molecule has 4 rings (SSSR count). The normalized spacial score (nSPS) is 32.1. The Morgan fingerprint density at radius 3 is 2.71 bits per heavy atom. The highest BCUT2D eigenvalue weighted by atomic mass is 79.9. The van der Waals surface area contributed by atoms with Gasteiger partial charge in [0.25, 0.3) is 0 Å². The molecule has 5 atom stereocenters. The molecule has 3 amide bonds. The van der Waals surface area contributed by atoms with E-state index in [9.17, 15) is 14.4 Å². The summed E-state index contributed by atoms with van der Waals surface area (Å²) in [7, 11) is 0. The van der Waals surface area contributed by atoms with Gasteiger partial charge in [-0.05, 0) is 50.0 Å². The smallest absolute Gasteiger partial charge is 0.250 e. The number of amides is 3. The molecule has 6 nitrogen and oxygen atoms in total. The van der Waals surface area contributed by atoms with Gasteiger partial charge in [0.2, 0.25) is 17.7 Å². The lowest BCUT2D eigenvalue weighted by molar-refractivity contribution is -0.145. The van der Waals surface area contributed by atoms with Crippen LogP contribution in [-0.4, -0.2) is 46.7 Å². The number of rotatable bonds is 5. The van der Waals surface area contributed by atoms with E-state index in [2.05, 4.69) is 26.6 Å². The number of hydrogen-bond acceptors (Lipinski definition) is 5. The first-order valence-electron chi connectivity index (χ1n) is 9.61. The molecule has 8 heteroatoms. The van der Waals surface area contributed by atoms with Gasteiger partial charge in [-0.25, -0.2) is 0 Å². The first kappa shape index (κ1) is 19.9. The Balaban J connectivity index is 1.86. The summed E-state index contributed by atoms with van der Waals surface area (Å²) in [6.07, 6.45) is 3.44. The number of fused-ring (bicyclic) bond motifs is 4. The molecule has 0 aromatic heterocycles. The lowest BCUT2D eigenvalue weighted by Gasteiger charge is -2.31. The second-order valence-electron chi connectivity index (χ2n) is 7.79. The Kier molecular flexibility index (Phi) is 5.08. The summed E-state index contributed by atoms with van der Waals surface area (Å²) in [5.74, 6) is -0.980. The van der Waals surface area contributed by atoms with Crippen molar-refractivity contribution in [2.24, 2.45) is 11.8 Å². The third kappa shape index (κ3) is 2.60. The minimum absolute atomic E-state index is 0.143. The van der Waals surface area contributed by atoms with Crippen molar-refractivity contribution in [1.29, 1.82) is 0 Å². The van der Waals surface area contributed by atoms with Gasteiger partial charge in [0.05, 0.1) is 11.8 Å². The maximum atomic E-state index is 13.5. The molecule has 1 aromatic carbocycles. The lowest BCUT2D eigenvalue weighted by Crippen LogP contribution is -2.54. The topological polar surface area (TPSA) is 78.5 Å². The van der Waals surface area contributed by atoms with E-state index in [-0.39, 0.29) is 29.8 Å². The van der Waals surface area contributed by atoms with Crippen LogP contribution in [-0.2, 0) is 19.9 Å². The first-order chi connectivity index (χ1) is 13.4. The predicted molar refractivity (Wildman–Crippen MR) is 113 cm³/mol. The molecular weight excluding hydrogens is 442 g/mol. The molecule has 1 aromatic rings. The van der Waals surface area contributed by atoms with Gasteiger partial charge in [-0.3, -0.25) is 24.6 Å². The standard InChI is InChI=1S/C20H24BrN3O3S/c1-4-10(2)24-17(25)15-14(7-8-28-3)23-20(16(15)18(24)26)12-9-11(21)5-6-13(12)22-19(20)27/h5-6,9-10,14-16,23H,4,7-8H2,1-3H3,(H,22,27)/t10-,14-,15-,16+,20+/m1/s1. The second kappa shape index (κ2) is 7.15. The summed E-state index contributed by atoms with van der Waals surface area (Å²) < 4.78 is 0.837. The van der Waals surface area contributed by atoms with Crippen molar-refractivity contribution in [3.63, 3.8) is 0 Å². The number of carbonyl (C=O) groups excluding carboxylic acids is 3. The largest absolute Gasteiger partial charge is 0.324 e. The van der Waals surface area contributed by atoms with Crippen LogP contribution >= 0.6 is 27.7 Å². The predicted octanol–water partition coefficient (Wildman–Crippen LogP) is 2.72. The number of thioether (sulfide) groups is 1. The monoisotopic (exact) mass is 465 g/mol. The number of carbonyl (C=O) groups is 3. The number of imide groups is 1. The van der Waals surface area contributed by atoms with Crippen molar-refractivity contribution in [3.8, 4) is 0 Å². The van der Waals surface area contributed by atoms with E-state index in [0.29, 0.717) is 12.1 Å². The highest BCUT2D eigenvalue weighted by molar-refractivity contribution is 9.10. The van der Waals surface area contributed by atoms with Crippen molar-refractivity contribution in [3.05, 3.63) is 28.2 Å². The molecule has 0 radical (unpaired) electrons. The van der Waals surface area contributed by atoms with E-state index in [0.717, 1.165) is 22.2 Å². The average Bonchev–Trinajstić information content (AvgIpc) is 3.25. The quantitative estimate of drug-likeness (QED) is 0.653. The summed E-state index contributed by atoms with van der Waals surface area (Å²) >= 11 is 5.18. The summed E-state index contributed by atoms with van der Waals surface area (Å²) in [4.78, 5) is 41.5. The van der Waals surface area contributed by atoms with E-state index < -0.39 is 17.4 Å². The minimum Gasteiger partial charge on any atom is -0.324 e. The highest BCUT2D eigenvalue weighted by Crippen LogP contribution is 2.54.